The SMILES string of the molecule is CC(O)CCNS(=O)(=O)c1cccc(C(=O)O)c1. The molecule has 0 saturated carbocycles. The molecule has 0 amide bonds. The standard InChI is InChI=1S/C11H15NO5S/c1-8(13)5-6-12-18(16,17)10-4-2-3-9(7-10)11(14)15/h2-4,7-8,12-13H,5-6H2,1H3,(H,14,15). The highest BCUT2D eigenvalue weighted by molar-refractivity contribution is 7.89. The van der Waals surface area contributed by atoms with Gasteiger partial charge in [-0.1, -0.05) is 6.07 Å². The zero-order chi connectivity index (χ0) is 13.8. The van der Waals surface area contributed by atoms with Crippen LogP contribution in [0, 0.1) is 0 Å². The van der Waals surface area contributed by atoms with Gasteiger partial charge in [0.05, 0.1) is 16.6 Å². The van der Waals surface area contributed by atoms with Crippen molar-refractivity contribution in [3.05, 3.63) is 29.8 Å². The topological polar surface area (TPSA) is 104 Å². The van der Waals surface area contributed by atoms with Crippen LogP contribution < -0.4 is 4.72 Å². The molecule has 0 aliphatic heterocycles. The molecular weight excluding hydrogens is 258 g/mol. The van der Waals surface area contributed by atoms with Gasteiger partial charge in [0.1, 0.15) is 0 Å². The van der Waals surface area contributed by atoms with E-state index in [9.17, 15) is 13.2 Å². The Balaban J connectivity index is 2.85. The number of carboxylic acid groups (broad SMARTS) is 1. The number of aliphatic hydroxyl groups excluding tert-OH is 1. The fourth-order valence-electron chi connectivity index (χ4n) is 1.28. The van der Waals surface area contributed by atoms with Gasteiger partial charge in [0.25, 0.3) is 0 Å². The molecule has 1 atom stereocenters. The number of carbonyl (C=O) groups is 1. The summed E-state index contributed by atoms with van der Waals surface area (Å²) in [5.41, 5.74) is -0.0894. The van der Waals surface area contributed by atoms with E-state index in [2.05, 4.69) is 4.72 Å². The van der Waals surface area contributed by atoms with E-state index in [-0.39, 0.29) is 23.4 Å². The number of hydrogen-bond donors (Lipinski definition) is 3. The van der Waals surface area contributed by atoms with Gasteiger partial charge in [-0.25, -0.2) is 17.9 Å². The van der Waals surface area contributed by atoms with Gasteiger partial charge < -0.3 is 10.2 Å². The summed E-state index contributed by atoms with van der Waals surface area (Å²) in [6.07, 6.45) is -0.309. The molecule has 1 rings (SSSR count). The maximum absolute atomic E-state index is 11.8. The number of nitrogens with one attached hydrogen (secondary N) is 1. The molecule has 0 aliphatic rings. The number of aromatic carboxylic acids is 1. The molecule has 3 N–H and O–H groups in total. The van der Waals surface area contributed by atoms with Crippen LogP contribution >= 0.6 is 0 Å². The van der Waals surface area contributed by atoms with E-state index in [1.165, 1.54) is 18.2 Å². The van der Waals surface area contributed by atoms with Gasteiger partial charge in [-0.15, -0.1) is 0 Å². The Bertz CT molecular complexity index is 524. The third-order valence-corrected chi connectivity index (χ3v) is 3.70. The summed E-state index contributed by atoms with van der Waals surface area (Å²) in [7, 11) is -3.74. The number of sulfonamides is 1. The lowest BCUT2D eigenvalue weighted by Gasteiger charge is -2.08. The lowest BCUT2D eigenvalue weighted by molar-refractivity contribution is 0.0696. The van der Waals surface area contributed by atoms with Crippen LogP contribution in [0.15, 0.2) is 29.2 Å². The number of aliphatic hydroxyl groups is 1. The molecule has 1 aromatic rings. The normalized spacial score (nSPS) is 13.2. The highest BCUT2D eigenvalue weighted by Crippen LogP contribution is 2.11. The summed E-state index contributed by atoms with van der Waals surface area (Å²) >= 11 is 0. The molecule has 18 heavy (non-hydrogen) atoms. The van der Waals surface area contributed by atoms with E-state index < -0.39 is 22.1 Å². The lowest BCUT2D eigenvalue weighted by atomic mass is 10.2. The van der Waals surface area contributed by atoms with Crippen LogP contribution in [-0.2, 0) is 10.0 Å². The first-order valence-electron chi connectivity index (χ1n) is 5.34. The van der Waals surface area contributed by atoms with Crippen LogP contribution in [0.1, 0.15) is 23.7 Å². The van der Waals surface area contributed by atoms with E-state index >= 15 is 0 Å². The predicted octanol–water partition coefficient (Wildman–Crippen LogP) is 0.434. The molecule has 1 unspecified atom stereocenters. The Labute approximate surface area is 105 Å². The van der Waals surface area contributed by atoms with E-state index in [0.29, 0.717) is 0 Å². The zero-order valence-electron chi connectivity index (χ0n) is 9.83. The Hall–Kier alpha value is -1.44. The quantitative estimate of drug-likeness (QED) is 0.697. The minimum Gasteiger partial charge on any atom is -0.478 e. The lowest BCUT2D eigenvalue weighted by Crippen LogP contribution is -2.26. The molecular formula is C11H15NO5S. The Kier molecular flexibility index (Phi) is 4.83. The zero-order valence-corrected chi connectivity index (χ0v) is 10.6. The van der Waals surface area contributed by atoms with Crippen molar-refractivity contribution >= 4 is 16.0 Å². The largest absolute Gasteiger partial charge is 0.478 e. The van der Waals surface area contributed by atoms with Crippen LogP contribution in [0.2, 0.25) is 0 Å². The van der Waals surface area contributed by atoms with Crippen LogP contribution in [0.4, 0.5) is 0 Å². The molecule has 0 heterocycles. The first-order valence-corrected chi connectivity index (χ1v) is 6.82. The van der Waals surface area contributed by atoms with Crippen molar-refractivity contribution in [2.45, 2.75) is 24.3 Å². The summed E-state index contributed by atoms with van der Waals surface area (Å²) in [4.78, 5) is 10.6. The van der Waals surface area contributed by atoms with Crippen molar-refractivity contribution in [1.82, 2.24) is 4.72 Å². The third kappa shape index (κ3) is 4.10. The van der Waals surface area contributed by atoms with Crippen molar-refractivity contribution in [2.24, 2.45) is 0 Å². The van der Waals surface area contributed by atoms with Gasteiger partial charge in [-0.3, -0.25) is 0 Å². The fraction of sp³-hybridized carbons (Fsp3) is 0.364. The summed E-state index contributed by atoms with van der Waals surface area (Å²) in [5.74, 6) is -1.18. The molecule has 0 fully saturated rings. The summed E-state index contributed by atoms with van der Waals surface area (Å²) in [6.45, 7) is 1.65. The van der Waals surface area contributed by atoms with E-state index in [1.54, 1.807) is 6.92 Å². The van der Waals surface area contributed by atoms with Crippen LogP contribution in [-0.4, -0.2) is 37.2 Å². The van der Waals surface area contributed by atoms with Gasteiger partial charge in [0, 0.05) is 6.54 Å². The van der Waals surface area contributed by atoms with E-state index in [1.807, 2.05) is 0 Å². The van der Waals surface area contributed by atoms with Gasteiger partial charge in [-0.05, 0) is 31.5 Å². The summed E-state index contributed by atoms with van der Waals surface area (Å²) < 4.78 is 25.9. The number of rotatable bonds is 6. The number of benzene rings is 1. The maximum atomic E-state index is 11.8. The molecule has 100 valence electrons. The van der Waals surface area contributed by atoms with Gasteiger partial charge in [0.15, 0.2) is 0 Å². The van der Waals surface area contributed by atoms with E-state index in [0.717, 1.165) is 6.07 Å². The second kappa shape index (κ2) is 5.94. The van der Waals surface area contributed by atoms with Gasteiger partial charge in [0.2, 0.25) is 10.0 Å². The van der Waals surface area contributed by atoms with Gasteiger partial charge >= 0.3 is 5.97 Å². The second-order valence-electron chi connectivity index (χ2n) is 3.87. The molecule has 0 aromatic heterocycles. The number of carboxylic acids is 1. The Morgan fingerprint density at radius 3 is 2.67 bits per heavy atom. The summed E-state index contributed by atoms with van der Waals surface area (Å²) in [6, 6.07) is 5.09. The first-order chi connectivity index (χ1) is 8.33. The average molecular weight is 273 g/mol. The average Bonchev–Trinajstić information content (AvgIpc) is 2.28. The molecule has 0 spiro atoms. The predicted molar refractivity (Wildman–Crippen MR) is 64.9 cm³/mol. The van der Waals surface area contributed by atoms with Crippen molar-refractivity contribution in [1.29, 1.82) is 0 Å². The monoisotopic (exact) mass is 273 g/mol. The smallest absolute Gasteiger partial charge is 0.335 e. The third-order valence-electron chi connectivity index (χ3n) is 2.25. The summed E-state index contributed by atoms with van der Waals surface area (Å²) in [5, 5.41) is 17.8. The second-order valence-corrected chi connectivity index (χ2v) is 5.64. The maximum Gasteiger partial charge on any atom is 0.335 e. The van der Waals surface area contributed by atoms with Crippen molar-refractivity contribution in [3.8, 4) is 0 Å². The molecule has 0 saturated heterocycles. The molecule has 1 aromatic carbocycles. The van der Waals surface area contributed by atoms with Crippen LogP contribution in [0.25, 0.3) is 0 Å². The van der Waals surface area contributed by atoms with E-state index in [4.69, 9.17) is 10.2 Å². The molecule has 0 radical (unpaired) electrons. The molecule has 7 heteroatoms. The fourth-order valence-corrected chi connectivity index (χ4v) is 2.37. The van der Waals surface area contributed by atoms with Crippen LogP contribution in [0.5, 0.6) is 0 Å². The van der Waals surface area contributed by atoms with Gasteiger partial charge in [-0.2, -0.15) is 0 Å². The van der Waals surface area contributed by atoms with Crippen molar-refractivity contribution < 1.29 is 23.4 Å². The van der Waals surface area contributed by atoms with Crippen LogP contribution in [0.3, 0.4) is 0 Å². The Morgan fingerprint density at radius 1 is 1.44 bits per heavy atom. The minimum atomic E-state index is -3.74. The molecule has 0 aliphatic carbocycles. The first kappa shape index (κ1) is 14.6. The number of hydrogen-bond acceptors (Lipinski definition) is 4. The highest BCUT2D eigenvalue weighted by Gasteiger charge is 2.15. The molecule has 0 bridgehead atoms. The van der Waals surface area contributed by atoms with Crippen molar-refractivity contribution in [3.63, 3.8) is 0 Å². The Morgan fingerprint density at radius 2 is 2.11 bits per heavy atom. The molecule has 6 nitrogen and oxygen atoms in total. The highest BCUT2D eigenvalue weighted by atomic mass is 32.2. The minimum absolute atomic E-state index is 0.0894. The van der Waals surface area contributed by atoms with Crippen molar-refractivity contribution in [2.75, 3.05) is 6.54 Å².